The summed E-state index contributed by atoms with van der Waals surface area (Å²) in [5.74, 6) is 0.825. The van der Waals surface area contributed by atoms with Gasteiger partial charge in [0.25, 0.3) is 0 Å². The molecule has 0 fully saturated rings. The van der Waals surface area contributed by atoms with E-state index in [9.17, 15) is 15.3 Å². The first-order chi connectivity index (χ1) is 12.7. The zero-order chi connectivity index (χ0) is 19.9. The van der Waals surface area contributed by atoms with E-state index in [2.05, 4.69) is 113 Å². The Bertz CT molecular complexity index is 938. The van der Waals surface area contributed by atoms with E-state index in [1.807, 2.05) is 36.4 Å². The van der Waals surface area contributed by atoms with Crippen LogP contribution in [0.3, 0.4) is 0 Å². The Kier molecular flexibility index (Phi) is 7.72. The van der Waals surface area contributed by atoms with E-state index in [1.54, 1.807) is 6.07 Å². The highest BCUT2D eigenvalue weighted by atomic mass is 127. The molecule has 0 bridgehead atoms. The maximum absolute atomic E-state index is 10.2. The van der Waals surface area contributed by atoms with Crippen LogP contribution in [0.15, 0.2) is 42.5 Å². The van der Waals surface area contributed by atoms with E-state index in [-0.39, 0.29) is 24.0 Å². The number of phenolic OH excluding ortho intramolecular Hbond substituents is 3. The van der Waals surface area contributed by atoms with E-state index >= 15 is 0 Å². The maximum Gasteiger partial charge on any atom is 0.241 e. The van der Waals surface area contributed by atoms with E-state index in [1.165, 1.54) is 0 Å². The molecule has 27 heavy (non-hydrogen) atoms. The van der Waals surface area contributed by atoms with Crippen LogP contribution in [0.25, 0.3) is 0 Å². The third kappa shape index (κ3) is 4.92. The normalized spacial score (nSPS) is 10.9. The third-order valence-electron chi connectivity index (χ3n) is 4.05. The van der Waals surface area contributed by atoms with Gasteiger partial charge in [-0.3, -0.25) is 0 Å². The highest BCUT2D eigenvalue weighted by Gasteiger charge is 2.26. The van der Waals surface area contributed by atoms with Gasteiger partial charge in [-0.1, -0.05) is 22.5 Å². The van der Waals surface area contributed by atoms with Gasteiger partial charge in [0.05, 0.1) is 17.9 Å². The number of halogens is 5. The molecule has 9 heteroatoms. The standard InChI is InChI=1S/C18H10BI5O3/c20-11-3-8(1-2-16(11)25)19(9-4-12(21)17(26)13(22)5-9)10-6-14(23)18(27)15(24)7-10/h1-7,25-27H. The summed E-state index contributed by atoms with van der Waals surface area (Å²) in [6.07, 6.45) is 0. The van der Waals surface area contributed by atoms with Gasteiger partial charge in [0.1, 0.15) is 17.2 Å². The van der Waals surface area contributed by atoms with Crippen molar-refractivity contribution in [2.24, 2.45) is 0 Å². The Labute approximate surface area is 225 Å². The molecule has 0 aliphatic heterocycles. The molecular weight excluding hydrogens is 910 g/mol. The molecule has 3 aromatic rings. The Morgan fingerprint density at radius 3 is 1.26 bits per heavy atom. The highest BCUT2D eigenvalue weighted by Crippen LogP contribution is 2.27. The molecule has 3 rings (SSSR count). The predicted octanol–water partition coefficient (Wildman–Crippen LogP) is 4.34. The van der Waals surface area contributed by atoms with Crippen molar-refractivity contribution >= 4 is 136 Å². The molecule has 3 aromatic carbocycles. The fraction of sp³-hybridized carbons (Fsp3) is 0. The second-order valence-electron chi connectivity index (χ2n) is 5.81. The lowest BCUT2D eigenvalue weighted by atomic mass is 9.37. The SMILES string of the molecule is Oc1ccc(B(c2cc(I)c(O)c(I)c2)c2cc(I)c(O)c(I)c2)cc1I. The van der Waals surface area contributed by atoms with Crippen LogP contribution < -0.4 is 16.4 Å². The van der Waals surface area contributed by atoms with Crippen molar-refractivity contribution in [3.05, 3.63) is 60.3 Å². The van der Waals surface area contributed by atoms with Crippen molar-refractivity contribution in [3.63, 3.8) is 0 Å². The zero-order valence-electron chi connectivity index (χ0n) is 13.4. The van der Waals surface area contributed by atoms with E-state index < -0.39 is 0 Å². The molecular formula is C18H10BI5O3. The van der Waals surface area contributed by atoms with Crippen molar-refractivity contribution in [3.8, 4) is 17.2 Å². The number of hydrogen-bond donors (Lipinski definition) is 3. The lowest BCUT2D eigenvalue weighted by Gasteiger charge is -2.19. The van der Waals surface area contributed by atoms with Crippen molar-refractivity contribution in [1.82, 2.24) is 0 Å². The minimum absolute atomic E-state index is 0.0932. The van der Waals surface area contributed by atoms with Crippen molar-refractivity contribution in [2.45, 2.75) is 0 Å². The summed E-state index contributed by atoms with van der Waals surface area (Å²) in [6, 6.07) is 13.5. The number of benzene rings is 3. The average Bonchev–Trinajstić information content (AvgIpc) is 2.60. The maximum atomic E-state index is 10.2. The van der Waals surface area contributed by atoms with Crippen molar-refractivity contribution in [2.75, 3.05) is 0 Å². The topological polar surface area (TPSA) is 60.7 Å². The Balaban J connectivity index is 2.28. The van der Waals surface area contributed by atoms with Gasteiger partial charge in [0.15, 0.2) is 0 Å². The predicted molar refractivity (Wildman–Crippen MR) is 153 cm³/mol. The van der Waals surface area contributed by atoms with Gasteiger partial charge in [-0.25, -0.2) is 0 Å². The molecule has 0 heterocycles. The minimum Gasteiger partial charge on any atom is -0.507 e. The zero-order valence-corrected chi connectivity index (χ0v) is 24.1. The van der Waals surface area contributed by atoms with Crippen LogP contribution in [-0.4, -0.2) is 22.0 Å². The highest BCUT2D eigenvalue weighted by molar-refractivity contribution is 14.1. The largest absolute Gasteiger partial charge is 0.507 e. The number of rotatable bonds is 3. The summed E-state index contributed by atoms with van der Waals surface area (Å²) in [7, 11) is 0. The van der Waals surface area contributed by atoms with Crippen LogP contribution in [0.1, 0.15) is 0 Å². The molecule has 3 N–H and O–H groups in total. The summed E-state index contributed by atoms with van der Waals surface area (Å²) < 4.78 is 3.93. The summed E-state index contributed by atoms with van der Waals surface area (Å²) in [5.41, 5.74) is 3.12. The van der Waals surface area contributed by atoms with Crippen LogP contribution in [0.4, 0.5) is 0 Å². The number of hydrogen-bond acceptors (Lipinski definition) is 3. The Hall–Kier alpha value is 0.775. The molecule has 0 radical (unpaired) electrons. The quantitative estimate of drug-likeness (QED) is 0.271. The molecule has 0 aromatic heterocycles. The molecule has 0 aliphatic rings. The lowest BCUT2D eigenvalue weighted by molar-refractivity contribution is 0.467. The average molecular weight is 920 g/mol. The first-order valence-electron chi connectivity index (χ1n) is 7.53. The summed E-state index contributed by atoms with van der Waals surface area (Å²) >= 11 is 10.7. The van der Waals surface area contributed by atoms with Gasteiger partial charge in [-0.15, -0.1) is 0 Å². The molecule has 138 valence electrons. The van der Waals surface area contributed by atoms with Crippen LogP contribution >= 0.6 is 113 Å². The fourth-order valence-electron chi connectivity index (χ4n) is 2.78. The first kappa shape index (κ1) is 22.5. The van der Waals surface area contributed by atoms with Gasteiger partial charge < -0.3 is 15.3 Å². The molecule has 0 saturated heterocycles. The van der Waals surface area contributed by atoms with Crippen molar-refractivity contribution < 1.29 is 15.3 Å². The summed E-state index contributed by atoms with van der Waals surface area (Å²) in [6.45, 7) is -0.0932. The van der Waals surface area contributed by atoms with E-state index in [0.717, 1.165) is 34.2 Å². The molecule has 0 unspecified atom stereocenters. The number of phenols is 3. The molecule has 0 spiro atoms. The minimum atomic E-state index is -0.0932. The Morgan fingerprint density at radius 1 is 0.519 bits per heavy atom. The Morgan fingerprint density at radius 2 is 0.889 bits per heavy atom. The van der Waals surface area contributed by atoms with Crippen LogP contribution in [0.2, 0.25) is 0 Å². The third-order valence-corrected chi connectivity index (χ3v) is 8.20. The fourth-order valence-corrected chi connectivity index (χ4v) is 6.96. The molecule has 0 saturated carbocycles. The summed E-state index contributed by atoms with van der Waals surface area (Å²) in [4.78, 5) is 0. The smallest absolute Gasteiger partial charge is 0.241 e. The second kappa shape index (κ2) is 9.28. The van der Waals surface area contributed by atoms with Gasteiger partial charge in [-0.05, 0) is 149 Å². The van der Waals surface area contributed by atoms with Gasteiger partial charge >= 0.3 is 0 Å². The second-order valence-corrected chi connectivity index (χ2v) is 11.6. The van der Waals surface area contributed by atoms with Gasteiger partial charge in [0.2, 0.25) is 6.71 Å². The summed E-state index contributed by atoms with van der Waals surface area (Å²) in [5, 5.41) is 30.3. The van der Waals surface area contributed by atoms with Crippen LogP contribution in [0.5, 0.6) is 17.2 Å². The van der Waals surface area contributed by atoms with Crippen LogP contribution in [0, 0.1) is 17.9 Å². The molecule has 3 nitrogen and oxygen atoms in total. The lowest BCUT2D eigenvalue weighted by Crippen LogP contribution is -2.52. The van der Waals surface area contributed by atoms with E-state index in [4.69, 9.17) is 0 Å². The van der Waals surface area contributed by atoms with Crippen LogP contribution in [-0.2, 0) is 0 Å². The van der Waals surface area contributed by atoms with Gasteiger partial charge in [0, 0.05) is 0 Å². The van der Waals surface area contributed by atoms with E-state index in [0.29, 0.717) is 0 Å². The first-order valence-corrected chi connectivity index (χ1v) is 12.9. The number of aromatic hydroxyl groups is 3. The van der Waals surface area contributed by atoms with Gasteiger partial charge in [-0.2, -0.15) is 0 Å². The molecule has 0 atom stereocenters. The molecule has 0 aliphatic carbocycles. The molecule has 0 amide bonds. The monoisotopic (exact) mass is 920 g/mol. The van der Waals surface area contributed by atoms with Crippen molar-refractivity contribution in [1.29, 1.82) is 0 Å².